The Hall–Kier alpha value is -4.19. The molecule has 1 unspecified atom stereocenters. The third-order valence-corrected chi connectivity index (χ3v) is 3.80. The van der Waals surface area contributed by atoms with Crippen molar-refractivity contribution in [2.24, 2.45) is 4.99 Å². The fraction of sp³-hybridized carbons (Fsp3) is 0.125. The summed E-state index contributed by atoms with van der Waals surface area (Å²) in [6, 6.07) is 5.97. The predicted octanol–water partition coefficient (Wildman–Crippen LogP) is 1.96. The largest absolute Gasteiger partial charge is 0.573 e. The van der Waals surface area contributed by atoms with Crippen LogP contribution in [0, 0.1) is 22.8 Å². The molecule has 2 heterocycles. The van der Waals surface area contributed by atoms with Gasteiger partial charge in [0.05, 0.1) is 5.69 Å². The normalized spacial score (nSPS) is 15.3. The first-order valence-corrected chi connectivity index (χ1v) is 7.58. The number of anilines is 3. The minimum Gasteiger partial charge on any atom is -0.405 e. The highest BCUT2D eigenvalue weighted by atomic mass is 19.4. The average molecular weight is 388 g/mol. The summed E-state index contributed by atoms with van der Waals surface area (Å²) in [5, 5.41) is 23.0. The summed E-state index contributed by atoms with van der Waals surface area (Å²) >= 11 is 0. The van der Waals surface area contributed by atoms with E-state index in [-0.39, 0.29) is 40.0 Å². The molecular formula is C16H11F3N8O. The van der Waals surface area contributed by atoms with Gasteiger partial charge in [-0.05, 0) is 6.07 Å². The lowest BCUT2D eigenvalue weighted by molar-refractivity contribution is -0.274. The number of hydrogen-bond donors (Lipinski definition) is 4. The van der Waals surface area contributed by atoms with Crippen LogP contribution in [0.4, 0.5) is 30.5 Å². The molecule has 142 valence electrons. The summed E-state index contributed by atoms with van der Waals surface area (Å²) in [5.74, 6) is -0.725. The van der Waals surface area contributed by atoms with Crippen LogP contribution in [0.2, 0.25) is 0 Å². The number of para-hydroxylation sites is 1. The molecule has 2 aromatic rings. The summed E-state index contributed by atoms with van der Waals surface area (Å²) < 4.78 is 42.5. The maximum atomic E-state index is 12.8. The number of benzene rings is 1. The molecule has 1 aromatic carbocycles. The predicted molar refractivity (Wildman–Crippen MR) is 92.6 cm³/mol. The van der Waals surface area contributed by atoms with Crippen LogP contribution in [0.3, 0.4) is 0 Å². The van der Waals surface area contributed by atoms with Crippen molar-refractivity contribution in [2.75, 3.05) is 16.8 Å². The lowest BCUT2D eigenvalue weighted by Crippen LogP contribution is -2.33. The monoisotopic (exact) mass is 388 g/mol. The van der Waals surface area contributed by atoms with Crippen LogP contribution in [-0.2, 0) is 0 Å². The van der Waals surface area contributed by atoms with Gasteiger partial charge in [0, 0.05) is 11.1 Å². The van der Waals surface area contributed by atoms with Crippen molar-refractivity contribution in [1.82, 2.24) is 10.3 Å². The summed E-state index contributed by atoms with van der Waals surface area (Å²) in [5.41, 5.74) is 11.7. The molecule has 1 aliphatic rings. The van der Waals surface area contributed by atoms with Gasteiger partial charge in [-0.2, -0.15) is 10.5 Å². The number of nitrogen functional groups attached to an aromatic ring is 2. The van der Waals surface area contributed by atoms with E-state index in [1.165, 1.54) is 18.2 Å². The smallest absolute Gasteiger partial charge is 0.405 e. The molecule has 6 N–H and O–H groups in total. The van der Waals surface area contributed by atoms with Crippen LogP contribution in [0.25, 0.3) is 0 Å². The second kappa shape index (κ2) is 6.85. The standard InChI is InChI=1S/C16H11F3N8O/c17-16(18,19)28-9-4-2-1-3-7(9)12-10-11(22)8(5-20)13(23)26-14(10)27-15(25-12)24-6-21/h1-4,12H,(H6,22,23,24,25,26,27). The van der Waals surface area contributed by atoms with E-state index in [4.69, 9.17) is 16.7 Å². The number of ether oxygens (including phenoxy) is 1. The number of halogens is 3. The van der Waals surface area contributed by atoms with Crippen molar-refractivity contribution in [3.63, 3.8) is 0 Å². The van der Waals surface area contributed by atoms with Crippen LogP contribution < -0.4 is 26.8 Å². The summed E-state index contributed by atoms with van der Waals surface area (Å²) in [6.07, 6.45) is -3.29. The van der Waals surface area contributed by atoms with Gasteiger partial charge in [-0.15, -0.1) is 13.2 Å². The van der Waals surface area contributed by atoms with Gasteiger partial charge in [0.15, 0.2) is 6.19 Å². The summed E-state index contributed by atoms with van der Waals surface area (Å²) in [4.78, 5) is 8.22. The lowest BCUT2D eigenvalue weighted by Gasteiger charge is -2.27. The molecule has 1 aliphatic heterocycles. The number of nitriles is 2. The minimum atomic E-state index is -4.94. The van der Waals surface area contributed by atoms with Crippen LogP contribution >= 0.6 is 0 Å². The van der Waals surface area contributed by atoms with Crippen molar-refractivity contribution in [1.29, 1.82) is 10.5 Å². The van der Waals surface area contributed by atoms with Gasteiger partial charge in [-0.1, -0.05) is 18.2 Å². The van der Waals surface area contributed by atoms with Crippen LogP contribution in [0.15, 0.2) is 29.3 Å². The van der Waals surface area contributed by atoms with Crippen LogP contribution in [0.5, 0.6) is 5.75 Å². The Morgan fingerprint density at radius 3 is 2.57 bits per heavy atom. The van der Waals surface area contributed by atoms with E-state index < -0.39 is 18.2 Å². The quantitative estimate of drug-likeness (QED) is 0.449. The van der Waals surface area contributed by atoms with Crippen molar-refractivity contribution in [3.8, 4) is 18.0 Å². The number of aromatic nitrogens is 1. The summed E-state index contributed by atoms with van der Waals surface area (Å²) in [6.45, 7) is 0. The average Bonchev–Trinajstić information content (AvgIpc) is 2.60. The maximum Gasteiger partial charge on any atom is 0.573 e. The minimum absolute atomic E-state index is 0.00183. The molecule has 0 aliphatic carbocycles. The number of pyridine rings is 1. The zero-order chi connectivity index (χ0) is 20.5. The van der Waals surface area contributed by atoms with Crippen molar-refractivity contribution < 1.29 is 17.9 Å². The maximum absolute atomic E-state index is 12.8. The lowest BCUT2D eigenvalue weighted by atomic mass is 9.94. The van der Waals surface area contributed by atoms with Gasteiger partial charge in [0.25, 0.3) is 0 Å². The third kappa shape index (κ3) is 3.39. The first kappa shape index (κ1) is 18.6. The highest BCUT2D eigenvalue weighted by Gasteiger charge is 2.35. The number of rotatable bonds is 2. The first-order chi connectivity index (χ1) is 13.2. The number of nitrogens with zero attached hydrogens (tertiary/aromatic N) is 4. The molecule has 0 fully saturated rings. The van der Waals surface area contributed by atoms with Gasteiger partial charge in [0.1, 0.15) is 35.1 Å². The molecule has 0 spiro atoms. The SMILES string of the molecule is N#CNC1=NC(c2ccccc2OC(F)(F)F)c2c(nc(N)c(C#N)c2N)N1. The molecule has 28 heavy (non-hydrogen) atoms. The van der Waals surface area contributed by atoms with Crippen molar-refractivity contribution in [3.05, 3.63) is 41.0 Å². The molecule has 1 aromatic heterocycles. The Morgan fingerprint density at radius 1 is 1.21 bits per heavy atom. The van der Waals surface area contributed by atoms with Crippen LogP contribution in [-0.4, -0.2) is 17.3 Å². The van der Waals surface area contributed by atoms with E-state index in [2.05, 4.69) is 25.3 Å². The number of alkyl halides is 3. The fourth-order valence-corrected chi connectivity index (χ4v) is 2.73. The zero-order valence-electron chi connectivity index (χ0n) is 13.9. The molecule has 0 bridgehead atoms. The second-order valence-corrected chi connectivity index (χ2v) is 5.49. The molecule has 3 rings (SSSR count). The summed E-state index contributed by atoms with van der Waals surface area (Å²) in [7, 11) is 0. The molecule has 0 saturated carbocycles. The van der Waals surface area contributed by atoms with Gasteiger partial charge in [0.2, 0.25) is 5.96 Å². The van der Waals surface area contributed by atoms with E-state index in [0.29, 0.717) is 0 Å². The zero-order valence-corrected chi connectivity index (χ0v) is 13.9. The molecule has 9 nitrogen and oxygen atoms in total. The molecule has 0 saturated heterocycles. The molecule has 0 radical (unpaired) electrons. The molecule has 0 amide bonds. The molecule has 12 heteroatoms. The van der Waals surface area contributed by atoms with Gasteiger partial charge in [-0.3, -0.25) is 5.32 Å². The highest BCUT2D eigenvalue weighted by molar-refractivity contribution is 5.98. The highest BCUT2D eigenvalue weighted by Crippen LogP contribution is 2.43. The van der Waals surface area contributed by atoms with Gasteiger partial charge >= 0.3 is 6.36 Å². The van der Waals surface area contributed by atoms with Crippen molar-refractivity contribution >= 4 is 23.3 Å². The third-order valence-electron chi connectivity index (χ3n) is 3.80. The topological polar surface area (TPSA) is 158 Å². The fourth-order valence-electron chi connectivity index (χ4n) is 2.73. The molecular weight excluding hydrogens is 377 g/mol. The number of guanidine groups is 1. The van der Waals surface area contributed by atoms with E-state index in [1.54, 1.807) is 12.3 Å². The Balaban J connectivity index is 2.25. The van der Waals surface area contributed by atoms with E-state index in [1.807, 2.05) is 0 Å². The first-order valence-electron chi connectivity index (χ1n) is 7.58. The Morgan fingerprint density at radius 2 is 1.93 bits per heavy atom. The Labute approximate surface area is 156 Å². The van der Waals surface area contributed by atoms with Gasteiger partial charge in [-0.25, -0.2) is 9.98 Å². The second-order valence-electron chi connectivity index (χ2n) is 5.49. The molecule has 1 atom stereocenters. The van der Waals surface area contributed by atoms with Crippen molar-refractivity contribution in [2.45, 2.75) is 12.4 Å². The Kier molecular flexibility index (Phi) is 4.55. The number of aliphatic imine (C=N–C) groups is 1. The van der Waals surface area contributed by atoms with E-state index >= 15 is 0 Å². The number of hydrogen-bond acceptors (Lipinski definition) is 9. The Bertz CT molecular complexity index is 1050. The van der Waals surface area contributed by atoms with E-state index in [0.717, 1.165) is 6.07 Å². The van der Waals surface area contributed by atoms with Crippen LogP contribution in [0.1, 0.15) is 22.7 Å². The number of nitrogens with two attached hydrogens (primary N) is 2. The van der Waals surface area contributed by atoms with Gasteiger partial charge < -0.3 is 21.5 Å². The van der Waals surface area contributed by atoms with E-state index in [9.17, 15) is 18.4 Å². The number of fused-ring (bicyclic) bond motifs is 1. The number of nitrogens with one attached hydrogen (secondary N) is 2.